The molecule has 0 unspecified atom stereocenters. The molecule has 0 saturated heterocycles. The second-order valence-corrected chi connectivity index (χ2v) is 7.34. The summed E-state index contributed by atoms with van der Waals surface area (Å²) in [7, 11) is 0. The minimum atomic E-state index is -0.795. The Kier molecular flexibility index (Phi) is 5.35. The summed E-state index contributed by atoms with van der Waals surface area (Å²) in [6, 6.07) is 0. The van der Waals surface area contributed by atoms with Crippen molar-refractivity contribution in [1.29, 1.82) is 0 Å². The molecule has 0 bridgehead atoms. The zero-order chi connectivity index (χ0) is 15.5. The van der Waals surface area contributed by atoms with Gasteiger partial charge in [0.05, 0.1) is 17.8 Å². The molecule has 0 aliphatic heterocycles. The lowest BCUT2D eigenvalue weighted by molar-refractivity contribution is -0.117. The van der Waals surface area contributed by atoms with Gasteiger partial charge in [-0.2, -0.15) is 0 Å². The van der Waals surface area contributed by atoms with Gasteiger partial charge in [0.1, 0.15) is 0 Å². The Labute approximate surface area is 130 Å². The molecule has 0 saturated carbocycles. The van der Waals surface area contributed by atoms with Gasteiger partial charge >= 0.3 is 0 Å². The van der Waals surface area contributed by atoms with E-state index in [0.717, 1.165) is 25.1 Å². The number of nitrogens with one attached hydrogen (secondary N) is 1. The number of aromatic nitrogens is 1. The van der Waals surface area contributed by atoms with Crippen LogP contribution in [0.2, 0.25) is 0 Å². The molecule has 0 atom stereocenters. The first-order valence-electron chi connectivity index (χ1n) is 7.60. The molecule has 2 rings (SSSR count). The normalized spacial score (nSPS) is 15.1. The second kappa shape index (κ2) is 6.85. The van der Waals surface area contributed by atoms with Crippen molar-refractivity contribution in [3.05, 3.63) is 10.6 Å². The Morgan fingerprint density at radius 3 is 2.76 bits per heavy atom. The highest BCUT2D eigenvalue weighted by Crippen LogP contribution is 2.29. The molecular formula is C15H25N3O2S. The van der Waals surface area contributed by atoms with Crippen LogP contribution in [0, 0.1) is 0 Å². The van der Waals surface area contributed by atoms with Gasteiger partial charge in [0.15, 0.2) is 5.13 Å². The zero-order valence-electron chi connectivity index (χ0n) is 13.1. The lowest BCUT2D eigenvalue weighted by Crippen LogP contribution is -2.42. The largest absolute Gasteiger partial charge is 0.389 e. The Hall–Kier alpha value is -0.980. The fourth-order valence-corrected chi connectivity index (χ4v) is 3.66. The monoisotopic (exact) mass is 311 g/mol. The zero-order valence-corrected chi connectivity index (χ0v) is 13.9. The van der Waals surface area contributed by atoms with Gasteiger partial charge in [0, 0.05) is 11.4 Å². The third-order valence-corrected chi connectivity index (χ3v) is 4.59. The summed E-state index contributed by atoms with van der Waals surface area (Å²) in [6.45, 7) is 6.98. The van der Waals surface area contributed by atoms with Gasteiger partial charge in [0.2, 0.25) is 5.91 Å². The maximum absolute atomic E-state index is 12.1. The van der Waals surface area contributed by atoms with Crippen LogP contribution in [0.3, 0.4) is 0 Å². The second-order valence-electron chi connectivity index (χ2n) is 6.26. The molecule has 1 heterocycles. The van der Waals surface area contributed by atoms with Crippen molar-refractivity contribution in [2.75, 3.05) is 25.0 Å². The molecule has 1 aliphatic rings. The minimum Gasteiger partial charge on any atom is -0.389 e. The van der Waals surface area contributed by atoms with Gasteiger partial charge in [-0.15, -0.1) is 11.3 Å². The number of rotatable bonds is 6. The number of carbonyl (C=O) groups is 1. The Balaban J connectivity index is 1.90. The van der Waals surface area contributed by atoms with Crippen molar-refractivity contribution >= 4 is 22.4 Å². The van der Waals surface area contributed by atoms with Crippen molar-refractivity contribution in [1.82, 2.24) is 9.88 Å². The Morgan fingerprint density at radius 2 is 2.14 bits per heavy atom. The fraction of sp³-hybridized carbons (Fsp3) is 0.733. The van der Waals surface area contributed by atoms with Crippen LogP contribution in [0.25, 0.3) is 0 Å². The van der Waals surface area contributed by atoms with Crippen LogP contribution in [-0.4, -0.2) is 46.1 Å². The summed E-state index contributed by atoms with van der Waals surface area (Å²) in [5.41, 5.74) is 0.363. The highest BCUT2D eigenvalue weighted by molar-refractivity contribution is 7.15. The average Bonchev–Trinajstić information content (AvgIpc) is 2.78. The van der Waals surface area contributed by atoms with Crippen molar-refractivity contribution in [3.63, 3.8) is 0 Å². The fourth-order valence-electron chi connectivity index (χ4n) is 2.59. The van der Waals surface area contributed by atoms with Crippen LogP contribution < -0.4 is 5.32 Å². The highest BCUT2D eigenvalue weighted by atomic mass is 32.1. The van der Waals surface area contributed by atoms with E-state index in [4.69, 9.17) is 0 Å². The van der Waals surface area contributed by atoms with Gasteiger partial charge < -0.3 is 10.4 Å². The van der Waals surface area contributed by atoms with Crippen LogP contribution >= 0.6 is 11.3 Å². The predicted molar refractivity (Wildman–Crippen MR) is 85.8 cm³/mol. The third-order valence-electron chi connectivity index (χ3n) is 3.52. The standard InChI is InChI=1S/C15H25N3O2S/c1-4-18(10-15(2,3)20)9-13(19)17-14-16-11-7-5-6-8-12(11)21-14/h20H,4-10H2,1-3H3,(H,16,17,19). The van der Waals surface area contributed by atoms with Crippen molar-refractivity contribution in [3.8, 4) is 0 Å². The average molecular weight is 311 g/mol. The quantitative estimate of drug-likeness (QED) is 0.844. The number of fused-ring (bicyclic) bond motifs is 1. The number of carbonyl (C=O) groups excluding carboxylic acids is 1. The smallest absolute Gasteiger partial charge is 0.240 e. The van der Waals surface area contributed by atoms with Gasteiger partial charge in [-0.1, -0.05) is 6.92 Å². The molecule has 1 aromatic heterocycles. The van der Waals surface area contributed by atoms with Gasteiger partial charge in [-0.25, -0.2) is 4.98 Å². The molecule has 0 aromatic carbocycles. The minimum absolute atomic E-state index is 0.0628. The number of aryl methyl sites for hydroxylation is 2. The molecule has 1 aliphatic carbocycles. The van der Waals surface area contributed by atoms with E-state index >= 15 is 0 Å². The molecule has 5 nitrogen and oxygen atoms in total. The van der Waals surface area contributed by atoms with Gasteiger partial charge in [0.25, 0.3) is 0 Å². The van der Waals surface area contributed by atoms with Crippen molar-refractivity contribution < 1.29 is 9.90 Å². The van der Waals surface area contributed by atoms with E-state index in [1.807, 2.05) is 11.8 Å². The number of hydrogen-bond donors (Lipinski definition) is 2. The molecule has 0 radical (unpaired) electrons. The van der Waals surface area contributed by atoms with Gasteiger partial charge in [-0.05, 0) is 46.1 Å². The first-order chi connectivity index (χ1) is 9.87. The molecule has 2 N–H and O–H groups in total. The molecule has 0 spiro atoms. The van der Waals surface area contributed by atoms with Crippen molar-refractivity contribution in [2.45, 2.75) is 52.1 Å². The molecule has 1 amide bonds. The van der Waals surface area contributed by atoms with E-state index in [9.17, 15) is 9.90 Å². The lowest BCUT2D eigenvalue weighted by Gasteiger charge is -2.27. The molecule has 6 heteroatoms. The Bertz CT molecular complexity index is 470. The van der Waals surface area contributed by atoms with E-state index < -0.39 is 5.60 Å². The first kappa shape index (κ1) is 16.4. The van der Waals surface area contributed by atoms with Crippen LogP contribution in [-0.2, 0) is 17.6 Å². The maximum Gasteiger partial charge on any atom is 0.240 e. The summed E-state index contributed by atoms with van der Waals surface area (Å²) < 4.78 is 0. The summed E-state index contributed by atoms with van der Waals surface area (Å²) in [5.74, 6) is -0.0628. The molecular weight excluding hydrogens is 286 g/mol. The number of likely N-dealkylation sites (N-methyl/N-ethyl adjacent to an activating group) is 1. The van der Waals surface area contributed by atoms with Crippen LogP contribution in [0.5, 0.6) is 0 Å². The van der Waals surface area contributed by atoms with E-state index in [1.165, 1.54) is 17.7 Å². The SMILES string of the molecule is CCN(CC(=O)Nc1nc2c(s1)CCCC2)CC(C)(C)O. The number of nitrogens with zero attached hydrogens (tertiary/aromatic N) is 2. The molecule has 118 valence electrons. The van der Waals surface area contributed by atoms with E-state index in [-0.39, 0.29) is 12.5 Å². The van der Waals surface area contributed by atoms with Gasteiger partial charge in [-0.3, -0.25) is 9.69 Å². The first-order valence-corrected chi connectivity index (χ1v) is 8.42. The number of hydrogen-bond acceptors (Lipinski definition) is 5. The van der Waals surface area contributed by atoms with Crippen LogP contribution in [0.1, 0.15) is 44.2 Å². The predicted octanol–water partition coefficient (Wildman–Crippen LogP) is 2.05. The van der Waals surface area contributed by atoms with E-state index in [2.05, 4.69) is 10.3 Å². The summed E-state index contributed by atoms with van der Waals surface area (Å²) in [5, 5.41) is 13.5. The Morgan fingerprint density at radius 1 is 1.43 bits per heavy atom. The number of thiazole rings is 1. The lowest BCUT2D eigenvalue weighted by atomic mass is 10.0. The summed E-state index contributed by atoms with van der Waals surface area (Å²) in [6.07, 6.45) is 4.53. The topological polar surface area (TPSA) is 65.5 Å². The molecule has 21 heavy (non-hydrogen) atoms. The van der Waals surface area contributed by atoms with Crippen LogP contribution in [0.4, 0.5) is 5.13 Å². The van der Waals surface area contributed by atoms with Crippen LogP contribution in [0.15, 0.2) is 0 Å². The van der Waals surface area contributed by atoms with E-state index in [0.29, 0.717) is 11.7 Å². The summed E-state index contributed by atoms with van der Waals surface area (Å²) >= 11 is 1.60. The number of anilines is 1. The number of aliphatic hydroxyl groups is 1. The number of amides is 1. The van der Waals surface area contributed by atoms with Crippen molar-refractivity contribution in [2.24, 2.45) is 0 Å². The highest BCUT2D eigenvalue weighted by Gasteiger charge is 2.20. The maximum atomic E-state index is 12.1. The van der Waals surface area contributed by atoms with E-state index in [1.54, 1.807) is 25.2 Å². The molecule has 1 aromatic rings. The third kappa shape index (κ3) is 5.05. The summed E-state index contributed by atoms with van der Waals surface area (Å²) in [4.78, 5) is 19.9. The molecule has 0 fully saturated rings.